The van der Waals surface area contributed by atoms with E-state index in [-0.39, 0.29) is 0 Å². The zero-order valence-electron chi connectivity index (χ0n) is 27.8. The Kier molecular flexibility index (Phi) is 8.04. The fourth-order valence-corrected chi connectivity index (χ4v) is 7.18. The van der Waals surface area contributed by atoms with Gasteiger partial charge in [-0.3, -0.25) is 9.59 Å². The summed E-state index contributed by atoms with van der Waals surface area (Å²) in [6.07, 6.45) is 0.615. The van der Waals surface area contributed by atoms with Gasteiger partial charge in [-0.25, -0.2) is 4.90 Å². The molecule has 5 nitrogen and oxygen atoms in total. The van der Waals surface area contributed by atoms with E-state index in [1.54, 1.807) is 6.07 Å². The van der Waals surface area contributed by atoms with E-state index >= 15 is 0 Å². The zero-order chi connectivity index (χ0) is 34.9. The first-order valence-corrected chi connectivity index (χ1v) is 16.7. The van der Waals surface area contributed by atoms with E-state index in [2.05, 4.69) is 41.0 Å². The van der Waals surface area contributed by atoms with Gasteiger partial charge in [0.15, 0.2) is 0 Å². The average Bonchev–Trinajstić information content (AvgIpc) is 3.52. The standard InChI is InChI=1S/C46H31N3O2/c1-31-36(46(51)48(30-50)43-25-13-22-38(32-14-4-2-5-15-32)45(43)33-16-6-3-7-17-33)21-12-24-41(31)49-42-23-11-10-20-39(42)40-27-26-34(28-44(40)49)37-19-9-8-18-35(37)29-47/h2-28,30H,1H3. The second-order valence-corrected chi connectivity index (χ2v) is 12.4. The molecule has 0 aliphatic heterocycles. The molecule has 51 heavy (non-hydrogen) atoms. The van der Waals surface area contributed by atoms with Gasteiger partial charge in [-0.1, -0.05) is 127 Å². The van der Waals surface area contributed by atoms with E-state index in [0.29, 0.717) is 23.2 Å². The van der Waals surface area contributed by atoms with Gasteiger partial charge in [0, 0.05) is 27.6 Å². The third kappa shape index (κ3) is 5.36. The molecule has 5 heteroatoms. The molecule has 8 rings (SSSR count). The number of para-hydroxylation sites is 1. The van der Waals surface area contributed by atoms with Crippen LogP contribution in [0.1, 0.15) is 21.5 Å². The van der Waals surface area contributed by atoms with Gasteiger partial charge in [0.2, 0.25) is 6.41 Å². The number of amides is 2. The Hall–Kier alpha value is -7.03. The predicted molar refractivity (Wildman–Crippen MR) is 206 cm³/mol. The maximum atomic E-state index is 14.6. The summed E-state index contributed by atoms with van der Waals surface area (Å²) < 4.78 is 2.17. The summed E-state index contributed by atoms with van der Waals surface area (Å²) >= 11 is 0. The van der Waals surface area contributed by atoms with E-state index in [9.17, 15) is 14.9 Å². The summed E-state index contributed by atoms with van der Waals surface area (Å²) in [5.74, 6) is -0.420. The largest absolute Gasteiger partial charge is 0.309 e. The van der Waals surface area contributed by atoms with Crippen LogP contribution in [0.4, 0.5) is 5.69 Å². The van der Waals surface area contributed by atoms with Crippen LogP contribution in [0, 0.1) is 18.3 Å². The smallest absolute Gasteiger partial charge is 0.265 e. The van der Waals surface area contributed by atoms with E-state index in [1.807, 2.05) is 134 Å². The summed E-state index contributed by atoms with van der Waals surface area (Å²) in [6.45, 7) is 1.93. The topological polar surface area (TPSA) is 66.1 Å². The second-order valence-electron chi connectivity index (χ2n) is 12.4. The Morgan fingerprint density at radius 3 is 2.04 bits per heavy atom. The monoisotopic (exact) mass is 657 g/mol. The fourth-order valence-electron chi connectivity index (χ4n) is 7.18. The number of imide groups is 1. The third-order valence-electron chi connectivity index (χ3n) is 9.58. The number of aromatic nitrogens is 1. The first-order valence-electron chi connectivity index (χ1n) is 16.7. The lowest BCUT2D eigenvalue weighted by Crippen LogP contribution is -2.30. The van der Waals surface area contributed by atoms with Gasteiger partial charge in [-0.2, -0.15) is 5.26 Å². The molecular weight excluding hydrogens is 627 g/mol. The maximum Gasteiger partial charge on any atom is 0.265 e. The minimum Gasteiger partial charge on any atom is -0.309 e. The van der Waals surface area contributed by atoms with E-state index in [4.69, 9.17) is 0 Å². The van der Waals surface area contributed by atoms with Crippen LogP contribution < -0.4 is 4.90 Å². The maximum absolute atomic E-state index is 14.6. The molecule has 0 atom stereocenters. The molecule has 0 spiro atoms. The van der Waals surface area contributed by atoms with Crippen molar-refractivity contribution in [2.24, 2.45) is 0 Å². The molecule has 0 saturated carbocycles. The first kappa shape index (κ1) is 31.3. The summed E-state index contributed by atoms with van der Waals surface area (Å²) in [5.41, 5.74) is 10.4. The van der Waals surface area contributed by atoms with E-state index in [1.165, 1.54) is 4.90 Å². The van der Waals surface area contributed by atoms with Gasteiger partial charge >= 0.3 is 0 Å². The van der Waals surface area contributed by atoms with Crippen molar-refractivity contribution >= 4 is 39.8 Å². The fraction of sp³-hybridized carbons (Fsp3) is 0.0217. The van der Waals surface area contributed by atoms with E-state index in [0.717, 1.165) is 66.4 Å². The molecule has 0 aliphatic rings. The predicted octanol–water partition coefficient (Wildman–Crippen LogP) is 10.8. The molecule has 0 N–H and O–H groups in total. The number of hydrogen-bond acceptors (Lipinski definition) is 3. The highest BCUT2D eigenvalue weighted by Crippen LogP contribution is 2.41. The van der Waals surface area contributed by atoms with Crippen molar-refractivity contribution in [3.63, 3.8) is 0 Å². The molecule has 0 saturated heterocycles. The van der Waals surface area contributed by atoms with Crippen molar-refractivity contribution in [3.8, 4) is 45.1 Å². The number of nitrogens with zero attached hydrogens (tertiary/aromatic N) is 3. The minimum absolute atomic E-state index is 0.417. The number of anilines is 1. The van der Waals surface area contributed by atoms with Crippen molar-refractivity contribution in [1.29, 1.82) is 5.26 Å². The van der Waals surface area contributed by atoms with Crippen molar-refractivity contribution < 1.29 is 9.59 Å². The van der Waals surface area contributed by atoms with Crippen LogP contribution in [0.2, 0.25) is 0 Å². The number of carbonyl (C=O) groups is 2. The van der Waals surface area contributed by atoms with Crippen LogP contribution in [0.25, 0.3) is 60.9 Å². The van der Waals surface area contributed by atoms with Gasteiger partial charge in [0.05, 0.1) is 28.4 Å². The molecular formula is C46H31N3O2. The van der Waals surface area contributed by atoms with Gasteiger partial charge < -0.3 is 4.57 Å². The Labute approximate surface area is 295 Å². The summed E-state index contributed by atoms with van der Waals surface area (Å²) in [4.78, 5) is 28.9. The number of carbonyl (C=O) groups excluding carboxylic acids is 2. The minimum atomic E-state index is -0.420. The molecule has 242 valence electrons. The van der Waals surface area contributed by atoms with Crippen LogP contribution in [-0.4, -0.2) is 16.9 Å². The van der Waals surface area contributed by atoms with E-state index < -0.39 is 5.91 Å². The van der Waals surface area contributed by atoms with Crippen LogP contribution in [0.3, 0.4) is 0 Å². The number of nitriles is 1. The highest BCUT2D eigenvalue weighted by molar-refractivity contribution is 6.19. The average molecular weight is 658 g/mol. The molecule has 0 radical (unpaired) electrons. The lowest BCUT2D eigenvalue weighted by atomic mass is 9.92. The summed E-state index contributed by atoms with van der Waals surface area (Å²) in [7, 11) is 0. The van der Waals surface area contributed by atoms with Crippen molar-refractivity contribution in [1.82, 2.24) is 4.57 Å². The van der Waals surface area contributed by atoms with Crippen LogP contribution >= 0.6 is 0 Å². The van der Waals surface area contributed by atoms with Crippen LogP contribution in [0.5, 0.6) is 0 Å². The second kappa shape index (κ2) is 13.1. The molecule has 8 aromatic rings. The number of benzene rings is 7. The molecule has 0 aliphatic carbocycles. The van der Waals surface area contributed by atoms with Crippen LogP contribution in [0.15, 0.2) is 164 Å². The summed E-state index contributed by atoms with van der Waals surface area (Å²) in [5, 5.41) is 12.0. The molecule has 7 aromatic carbocycles. The van der Waals surface area contributed by atoms with Crippen LogP contribution in [-0.2, 0) is 4.79 Å². The lowest BCUT2D eigenvalue weighted by Gasteiger charge is -2.23. The van der Waals surface area contributed by atoms with Gasteiger partial charge in [-0.15, -0.1) is 0 Å². The SMILES string of the molecule is Cc1c(C(=O)N(C=O)c2cccc(-c3ccccc3)c2-c2ccccc2)cccc1-n1c2ccccc2c2ccc(-c3ccccc3C#N)cc21. The quantitative estimate of drug-likeness (QED) is 0.160. The van der Waals surface area contributed by atoms with Gasteiger partial charge in [0.1, 0.15) is 0 Å². The number of rotatable bonds is 7. The highest BCUT2D eigenvalue weighted by Gasteiger charge is 2.26. The number of fused-ring (bicyclic) bond motifs is 3. The Morgan fingerprint density at radius 2 is 1.27 bits per heavy atom. The summed E-state index contributed by atoms with van der Waals surface area (Å²) in [6, 6.07) is 55.6. The van der Waals surface area contributed by atoms with Gasteiger partial charge in [0.25, 0.3) is 5.91 Å². The van der Waals surface area contributed by atoms with Gasteiger partial charge in [-0.05, 0) is 76.7 Å². The normalized spacial score (nSPS) is 11.0. The highest BCUT2D eigenvalue weighted by atomic mass is 16.2. The Morgan fingerprint density at radius 1 is 0.627 bits per heavy atom. The molecule has 0 bridgehead atoms. The molecule has 0 fully saturated rings. The Bertz CT molecular complexity index is 2650. The lowest BCUT2D eigenvalue weighted by molar-refractivity contribution is -0.106. The number of hydrogen-bond donors (Lipinski definition) is 0. The molecule has 1 aromatic heterocycles. The first-order chi connectivity index (χ1) is 25.1. The molecule has 2 amide bonds. The third-order valence-corrected chi connectivity index (χ3v) is 9.58. The Balaban J connectivity index is 1.30. The van der Waals surface area contributed by atoms with Crippen molar-refractivity contribution in [2.75, 3.05) is 4.90 Å². The molecule has 1 heterocycles. The zero-order valence-corrected chi connectivity index (χ0v) is 27.8. The van der Waals surface area contributed by atoms with Crippen molar-refractivity contribution in [2.45, 2.75) is 6.92 Å². The van der Waals surface area contributed by atoms with Crippen molar-refractivity contribution in [3.05, 3.63) is 180 Å². The molecule has 0 unspecified atom stereocenters.